The number of carbonyl (C=O) groups excluding carboxylic acids is 1. The molecule has 3 saturated heterocycles. The smallest absolute Gasteiger partial charge is 0.334 e. The Morgan fingerprint density at radius 1 is 1.11 bits per heavy atom. The number of rotatable bonds is 4. The summed E-state index contributed by atoms with van der Waals surface area (Å²) in [5.74, 6) is -0.458. The molecule has 3 aliphatic heterocycles. The fourth-order valence-corrected chi connectivity index (χ4v) is 4.07. The molecule has 1 amide bonds. The Kier molecular flexibility index (Phi) is 4.82. The fourth-order valence-electron chi connectivity index (χ4n) is 4.07. The van der Waals surface area contributed by atoms with Gasteiger partial charge in [-0.15, -0.1) is 0 Å². The normalized spacial score (nSPS) is 22.1. The number of amides is 1. The molecule has 8 heteroatoms. The molecular weight excluding hydrogens is 374 g/mol. The number of pyridine rings is 1. The summed E-state index contributed by atoms with van der Waals surface area (Å²) in [5, 5.41) is 0. The van der Waals surface area contributed by atoms with Crippen molar-refractivity contribution in [1.29, 1.82) is 0 Å². The summed E-state index contributed by atoms with van der Waals surface area (Å²) in [5.41, 5.74) is 0.200. The van der Waals surface area contributed by atoms with Crippen LogP contribution in [0.5, 0.6) is 0 Å². The van der Waals surface area contributed by atoms with Gasteiger partial charge in [0.1, 0.15) is 11.5 Å². The molecule has 5 rings (SSSR count). The van der Waals surface area contributed by atoms with Crippen molar-refractivity contribution in [3.63, 3.8) is 0 Å². The van der Waals surface area contributed by atoms with Crippen LogP contribution in [0, 0.1) is 5.82 Å². The van der Waals surface area contributed by atoms with E-state index in [1.165, 1.54) is 18.3 Å². The number of alkyl halides is 3. The van der Waals surface area contributed by atoms with E-state index in [9.17, 15) is 22.4 Å². The van der Waals surface area contributed by atoms with Crippen LogP contribution in [0.25, 0.3) is 0 Å². The Hall–Kier alpha value is -2.48. The molecule has 4 heterocycles. The summed E-state index contributed by atoms with van der Waals surface area (Å²) >= 11 is 0. The van der Waals surface area contributed by atoms with Crippen LogP contribution < -0.4 is 0 Å². The summed E-state index contributed by atoms with van der Waals surface area (Å²) in [7, 11) is 0. The van der Waals surface area contributed by atoms with Crippen molar-refractivity contribution in [1.82, 2.24) is 14.8 Å². The summed E-state index contributed by atoms with van der Waals surface area (Å²) in [6.07, 6.45) is -2.23. The molecule has 3 fully saturated rings. The average molecular weight is 393 g/mol. The number of piperidine rings is 1. The van der Waals surface area contributed by atoms with Gasteiger partial charge in [-0.2, -0.15) is 13.2 Å². The fraction of sp³-hybridized carbons (Fsp3) is 0.400. The molecular formula is C20H19F4N3O. The number of carbonyl (C=O) groups is 1. The lowest BCUT2D eigenvalue weighted by Crippen LogP contribution is -2.70. The van der Waals surface area contributed by atoms with E-state index in [1.807, 2.05) is 4.90 Å². The molecule has 28 heavy (non-hydrogen) atoms. The summed E-state index contributed by atoms with van der Waals surface area (Å²) in [6.45, 7) is 1.80. The van der Waals surface area contributed by atoms with Gasteiger partial charge in [0.15, 0.2) is 0 Å². The number of hydrogen-bond acceptors (Lipinski definition) is 3. The van der Waals surface area contributed by atoms with Gasteiger partial charge in [0.2, 0.25) is 5.91 Å². The minimum atomic E-state index is -4.44. The van der Waals surface area contributed by atoms with E-state index >= 15 is 0 Å². The van der Waals surface area contributed by atoms with Crippen molar-refractivity contribution in [3.05, 3.63) is 65.2 Å². The van der Waals surface area contributed by atoms with Gasteiger partial charge in [0, 0.05) is 37.9 Å². The lowest BCUT2D eigenvalue weighted by atomic mass is 9.86. The lowest BCUT2D eigenvalue weighted by Gasteiger charge is -2.56. The maximum atomic E-state index is 13.8. The minimum absolute atomic E-state index is 0.0441. The van der Waals surface area contributed by atoms with E-state index in [4.69, 9.17) is 0 Å². The Morgan fingerprint density at radius 3 is 2.43 bits per heavy atom. The summed E-state index contributed by atoms with van der Waals surface area (Å²) in [6, 6.07) is 8.84. The maximum absolute atomic E-state index is 13.8. The second-order valence-electron chi connectivity index (χ2n) is 7.36. The second-order valence-corrected chi connectivity index (χ2v) is 7.36. The number of hydrogen-bond donors (Lipinski definition) is 0. The Morgan fingerprint density at radius 2 is 1.82 bits per heavy atom. The van der Waals surface area contributed by atoms with E-state index in [2.05, 4.69) is 9.88 Å². The van der Waals surface area contributed by atoms with Gasteiger partial charge in [-0.05, 0) is 29.7 Å². The molecule has 0 saturated carbocycles. The first-order chi connectivity index (χ1) is 13.3. The third-order valence-electron chi connectivity index (χ3n) is 5.38. The van der Waals surface area contributed by atoms with Gasteiger partial charge in [0.25, 0.3) is 0 Å². The second kappa shape index (κ2) is 7.16. The van der Waals surface area contributed by atoms with Crippen molar-refractivity contribution >= 4 is 5.91 Å². The van der Waals surface area contributed by atoms with E-state index in [0.29, 0.717) is 30.8 Å². The van der Waals surface area contributed by atoms with Crippen molar-refractivity contribution < 1.29 is 22.4 Å². The molecule has 1 aromatic heterocycles. The molecule has 0 radical (unpaired) electrons. The SMILES string of the molecule is O=C(Cc1ccccc1F)N1C2CC1CN(Cc1ccc(C(F)(F)F)nc1)C2. The highest BCUT2D eigenvalue weighted by Gasteiger charge is 2.46. The number of benzene rings is 1. The first-order valence-electron chi connectivity index (χ1n) is 9.10. The lowest BCUT2D eigenvalue weighted by molar-refractivity contribution is -0.153. The van der Waals surface area contributed by atoms with Crippen molar-refractivity contribution in [2.45, 2.75) is 37.6 Å². The minimum Gasteiger partial charge on any atom is -0.334 e. The zero-order valence-electron chi connectivity index (χ0n) is 15.0. The zero-order chi connectivity index (χ0) is 19.9. The zero-order valence-corrected chi connectivity index (χ0v) is 15.0. The standard InChI is InChI=1S/C20H19F4N3O/c21-17-4-2-1-3-14(17)7-19(28)27-15-8-16(27)12-26(11-15)10-13-5-6-18(25-9-13)20(22,23)24/h1-6,9,15-16H,7-8,10-12H2. The molecule has 4 nitrogen and oxygen atoms in total. The van der Waals surface area contributed by atoms with Gasteiger partial charge < -0.3 is 4.90 Å². The Bertz CT molecular complexity index is 856. The van der Waals surface area contributed by atoms with Gasteiger partial charge in [0.05, 0.1) is 6.42 Å². The molecule has 0 N–H and O–H groups in total. The van der Waals surface area contributed by atoms with Crippen molar-refractivity contribution in [2.24, 2.45) is 0 Å². The van der Waals surface area contributed by atoms with Crippen LogP contribution >= 0.6 is 0 Å². The molecule has 2 atom stereocenters. The molecule has 1 aromatic carbocycles. The quantitative estimate of drug-likeness (QED) is 0.749. The predicted molar refractivity (Wildman–Crippen MR) is 93.7 cm³/mol. The number of aromatic nitrogens is 1. The number of fused-ring (bicyclic) bond motifs is 2. The number of halogens is 4. The van der Waals surface area contributed by atoms with Crippen molar-refractivity contribution in [3.8, 4) is 0 Å². The van der Waals surface area contributed by atoms with Crippen LogP contribution in [0.2, 0.25) is 0 Å². The topological polar surface area (TPSA) is 36.4 Å². The third kappa shape index (κ3) is 3.73. The maximum Gasteiger partial charge on any atom is 0.433 e. The van der Waals surface area contributed by atoms with E-state index in [0.717, 1.165) is 12.5 Å². The molecule has 2 aromatic rings. The average Bonchev–Trinajstić information content (AvgIpc) is 2.63. The molecule has 148 valence electrons. The summed E-state index contributed by atoms with van der Waals surface area (Å²) in [4.78, 5) is 20.0. The molecule has 3 aliphatic rings. The van der Waals surface area contributed by atoms with E-state index in [1.54, 1.807) is 18.2 Å². The van der Waals surface area contributed by atoms with Crippen LogP contribution in [0.1, 0.15) is 23.2 Å². The van der Waals surface area contributed by atoms with Crippen LogP contribution in [0.3, 0.4) is 0 Å². The molecule has 0 aliphatic carbocycles. The first kappa shape index (κ1) is 18.9. The van der Waals surface area contributed by atoms with Crippen LogP contribution in [0.15, 0.2) is 42.6 Å². The van der Waals surface area contributed by atoms with Gasteiger partial charge >= 0.3 is 6.18 Å². The molecule has 2 bridgehead atoms. The van der Waals surface area contributed by atoms with Crippen molar-refractivity contribution in [2.75, 3.05) is 13.1 Å². The highest BCUT2D eigenvalue weighted by molar-refractivity contribution is 5.80. The predicted octanol–water partition coefficient (Wildman–Crippen LogP) is 3.27. The number of nitrogens with zero attached hydrogens (tertiary/aromatic N) is 3. The highest BCUT2D eigenvalue weighted by atomic mass is 19.4. The van der Waals surface area contributed by atoms with Gasteiger partial charge in [-0.1, -0.05) is 24.3 Å². The first-order valence-corrected chi connectivity index (χ1v) is 9.10. The van der Waals surface area contributed by atoms with E-state index in [-0.39, 0.29) is 30.2 Å². The number of piperazine rings is 1. The third-order valence-corrected chi connectivity index (χ3v) is 5.38. The monoisotopic (exact) mass is 393 g/mol. The molecule has 0 spiro atoms. The van der Waals surface area contributed by atoms with E-state index < -0.39 is 11.9 Å². The van der Waals surface area contributed by atoms with Gasteiger partial charge in [-0.3, -0.25) is 14.7 Å². The molecule has 2 unspecified atom stereocenters. The van der Waals surface area contributed by atoms with Gasteiger partial charge in [-0.25, -0.2) is 4.39 Å². The highest BCUT2D eigenvalue weighted by Crippen LogP contribution is 2.34. The van der Waals surface area contributed by atoms with Crippen LogP contribution in [0.4, 0.5) is 17.6 Å². The Balaban J connectivity index is 1.34. The van der Waals surface area contributed by atoms with Crippen LogP contribution in [-0.2, 0) is 23.9 Å². The Labute approximate surface area is 159 Å². The largest absolute Gasteiger partial charge is 0.433 e. The summed E-state index contributed by atoms with van der Waals surface area (Å²) < 4.78 is 51.6. The van der Waals surface area contributed by atoms with Crippen LogP contribution in [-0.4, -0.2) is 45.9 Å².